The summed E-state index contributed by atoms with van der Waals surface area (Å²) in [6.07, 6.45) is 8.89. The molecule has 1 saturated carbocycles. The van der Waals surface area contributed by atoms with Crippen LogP contribution in [0.25, 0.3) is 10.2 Å². The zero-order valence-corrected chi connectivity index (χ0v) is 10.8. The maximum Gasteiger partial charge on any atom is 0.348 e. The topological polar surface area (TPSA) is 52.1 Å². The van der Waals surface area contributed by atoms with E-state index in [-0.39, 0.29) is 12.1 Å². The Kier molecular flexibility index (Phi) is 3.23. The van der Waals surface area contributed by atoms with Crippen molar-refractivity contribution in [3.63, 3.8) is 0 Å². The van der Waals surface area contributed by atoms with Crippen LogP contribution in [0.2, 0.25) is 0 Å². The Morgan fingerprint density at radius 1 is 1.33 bits per heavy atom. The monoisotopic (exact) mass is 262 g/mol. The zero-order valence-electron chi connectivity index (χ0n) is 9.96. The molecule has 2 aromatic rings. The molecule has 94 valence electrons. The van der Waals surface area contributed by atoms with Gasteiger partial charge in [-0.15, -0.1) is 11.3 Å². The van der Waals surface area contributed by atoms with Crippen molar-refractivity contribution < 1.29 is 9.53 Å². The summed E-state index contributed by atoms with van der Waals surface area (Å²) in [4.78, 5) is 21.6. The van der Waals surface area contributed by atoms with Gasteiger partial charge in [0.05, 0.1) is 0 Å². The van der Waals surface area contributed by atoms with Crippen molar-refractivity contribution in [3.8, 4) is 0 Å². The van der Waals surface area contributed by atoms with Crippen LogP contribution >= 0.6 is 11.3 Å². The standard InChI is InChI=1S/C13H14N2O2S/c16-13(17-10-4-2-1-3-5-10)11-6-9-7-14-8-15-12(9)18-11/h6-8,10H,1-5H2. The molecule has 3 rings (SSSR count). The molecule has 0 aliphatic heterocycles. The van der Waals surface area contributed by atoms with E-state index in [2.05, 4.69) is 9.97 Å². The first-order chi connectivity index (χ1) is 8.83. The fourth-order valence-electron chi connectivity index (χ4n) is 2.28. The lowest BCUT2D eigenvalue weighted by atomic mass is 9.98. The van der Waals surface area contributed by atoms with Gasteiger partial charge in [0.1, 0.15) is 22.1 Å². The molecule has 0 saturated heterocycles. The third-order valence-electron chi connectivity index (χ3n) is 3.22. The number of rotatable bonds is 2. The number of hydrogen-bond acceptors (Lipinski definition) is 5. The SMILES string of the molecule is O=C(OC1CCCCC1)c1cc2cncnc2s1. The maximum atomic E-state index is 12.0. The molecule has 1 aliphatic rings. The number of hydrogen-bond donors (Lipinski definition) is 0. The van der Waals surface area contributed by atoms with Gasteiger partial charge in [-0.05, 0) is 31.7 Å². The first-order valence-corrected chi connectivity index (χ1v) is 7.05. The normalized spacial score (nSPS) is 16.9. The number of nitrogens with zero attached hydrogens (tertiary/aromatic N) is 2. The maximum absolute atomic E-state index is 12.0. The minimum atomic E-state index is -0.218. The minimum absolute atomic E-state index is 0.0996. The largest absolute Gasteiger partial charge is 0.458 e. The van der Waals surface area contributed by atoms with E-state index >= 15 is 0 Å². The summed E-state index contributed by atoms with van der Waals surface area (Å²) in [5.74, 6) is -0.218. The van der Waals surface area contributed by atoms with Crippen LogP contribution in [0.5, 0.6) is 0 Å². The second kappa shape index (κ2) is 5.02. The molecule has 2 heterocycles. The van der Waals surface area contributed by atoms with Gasteiger partial charge in [-0.25, -0.2) is 14.8 Å². The van der Waals surface area contributed by atoms with Gasteiger partial charge in [-0.1, -0.05) is 6.42 Å². The summed E-state index contributed by atoms with van der Waals surface area (Å²) >= 11 is 1.37. The van der Waals surface area contributed by atoms with Crippen molar-refractivity contribution in [3.05, 3.63) is 23.5 Å². The summed E-state index contributed by atoms with van der Waals surface area (Å²) < 4.78 is 5.53. The van der Waals surface area contributed by atoms with Crippen molar-refractivity contribution in [2.24, 2.45) is 0 Å². The molecular weight excluding hydrogens is 248 g/mol. The predicted octanol–water partition coefficient (Wildman–Crippen LogP) is 3.18. The highest BCUT2D eigenvalue weighted by atomic mass is 32.1. The molecule has 0 amide bonds. The van der Waals surface area contributed by atoms with Gasteiger partial charge in [0, 0.05) is 11.6 Å². The molecule has 0 unspecified atom stereocenters. The first kappa shape index (κ1) is 11.6. The lowest BCUT2D eigenvalue weighted by Gasteiger charge is -2.21. The molecule has 0 spiro atoms. The van der Waals surface area contributed by atoms with Crippen LogP contribution in [0, 0.1) is 0 Å². The lowest BCUT2D eigenvalue weighted by Crippen LogP contribution is -2.20. The van der Waals surface area contributed by atoms with E-state index < -0.39 is 0 Å². The number of fused-ring (bicyclic) bond motifs is 1. The summed E-state index contributed by atoms with van der Waals surface area (Å²) in [7, 11) is 0. The Morgan fingerprint density at radius 3 is 2.94 bits per heavy atom. The van der Waals surface area contributed by atoms with Crippen LogP contribution in [-0.4, -0.2) is 22.0 Å². The molecule has 0 bridgehead atoms. The molecule has 0 N–H and O–H groups in total. The molecular formula is C13H14N2O2S. The predicted molar refractivity (Wildman–Crippen MR) is 69.7 cm³/mol. The Labute approximate surface area is 109 Å². The third-order valence-corrected chi connectivity index (χ3v) is 4.26. The van der Waals surface area contributed by atoms with Crippen LogP contribution in [0.3, 0.4) is 0 Å². The van der Waals surface area contributed by atoms with E-state index in [0.717, 1.165) is 35.9 Å². The molecule has 2 aromatic heterocycles. The van der Waals surface area contributed by atoms with E-state index in [0.29, 0.717) is 4.88 Å². The molecule has 1 aliphatic carbocycles. The zero-order chi connectivity index (χ0) is 12.4. The van der Waals surface area contributed by atoms with Crippen molar-refractivity contribution in [2.45, 2.75) is 38.2 Å². The average molecular weight is 262 g/mol. The highest BCUT2D eigenvalue weighted by Crippen LogP contribution is 2.26. The summed E-state index contributed by atoms with van der Waals surface area (Å²) in [5, 5.41) is 0.901. The Morgan fingerprint density at radius 2 is 2.17 bits per heavy atom. The van der Waals surface area contributed by atoms with Gasteiger partial charge in [-0.2, -0.15) is 0 Å². The second-order valence-electron chi connectivity index (χ2n) is 4.56. The molecule has 18 heavy (non-hydrogen) atoms. The summed E-state index contributed by atoms with van der Waals surface area (Å²) in [6, 6.07) is 1.81. The van der Waals surface area contributed by atoms with E-state index in [1.54, 1.807) is 6.20 Å². The summed E-state index contributed by atoms with van der Waals surface area (Å²) in [5.41, 5.74) is 0. The van der Waals surface area contributed by atoms with Crippen molar-refractivity contribution >= 4 is 27.5 Å². The van der Waals surface area contributed by atoms with Crippen LogP contribution in [0.1, 0.15) is 41.8 Å². The Hall–Kier alpha value is -1.49. The van der Waals surface area contributed by atoms with Gasteiger partial charge in [0.25, 0.3) is 0 Å². The van der Waals surface area contributed by atoms with Crippen LogP contribution < -0.4 is 0 Å². The Balaban J connectivity index is 1.74. The van der Waals surface area contributed by atoms with E-state index in [4.69, 9.17) is 4.74 Å². The highest BCUT2D eigenvalue weighted by Gasteiger charge is 2.20. The van der Waals surface area contributed by atoms with E-state index in [1.807, 2.05) is 6.07 Å². The van der Waals surface area contributed by atoms with Gasteiger partial charge in [0.2, 0.25) is 0 Å². The number of ether oxygens (including phenoxy) is 1. The number of carbonyl (C=O) groups is 1. The number of aromatic nitrogens is 2. The van der Waals surface area contributed by atoms with Crippen LogP contribution in [-0.2, 0) is 4.74 Å². The molecule has 0 atom stereocenters. The number of thiophene rings is 1. The molecule has 4 nitrogen and oxygen atoms in total. The van der Waals surface area contributed by atoms with Crippen molar-refractivity contribution in [2.75, 3.05) is 0 Å². The smallest absolute Gasteiger partial charge is 0.348 e. The number of carbonyl (C=O) groups excluding carboxylic acids is 1. The highest BCUT2D eigenvalue weighted by molar-refractivity contribution is 7.20. The molecule has 0 radical (unpaired) electrons. The van der Waals surface area contributed by atoms with E-state index in [9.17, 15) is 4.79 Å². The lowest BCUT2D eigenvalue weighted by molar-refractivity contribution is 0.0217. The van der Waals surface area contributed by atoms with Gasteiger partial charge < -0.3 is 4.74 Å². The second-order valence-corrected chi connectivity index (χ2v) is 5.59. The third kappa shape index (κ3) is 2.36. The fourth-order valence-corrected chi connectivity index (χ4v) is 3.14. The average Bonchev–Trinajstić information content (AvgIpc) is 2.84. The fraction of sp³-hybridized carbons (Fsp3) is 0.462. The number of esters is 1. The van der Waals surface area contributed by atoms with Gasteiger partial charge in [0.15, 0.2) is 0 Å². The molecule has 1 fully saturated rings. The van der Waals surface area contributed by atoms with Crippen LogP contribution in [0.4, 0.5) is 0 Å². The summed E-state index contributed by atoms with van der Waals surface area (Å²) in [6.45, 7) is 0. The molecule has 5 heteroatoms. The quantitative estimate of drug-likeness (QED) is 0.780. The minimum Gasteiger partial charge on any atom is -0.458 e. The van der Waals surface area contributed by atoms with Crippen molar-refractivity contribution in [1.82, 2.24) is 9.97 Å². The first-order valence-electron chi connectivity index (χ1n) is 6.23. The molecule has 0 aromatic carbocycles. The van der Waals surface area contributed by atoms with Gasteiger partial charge >= 0.3 is 5.97 Å². The van der Waals surface area contributed by atoms with Crippen molar-refractivity contribution in [1.29, 1.82) is 0 Å². The van der Waals surface area contributed by atoms with E-state index in [1.165, 1.54) is 24.1 Å². The van der Waals surface area contributed by atoms with Gasteiger partial charge in [-0.3, -0.25) is 0 Å². The Bertz CT molecular complexity index is 528. The van der Waals surface area contributed by atoms with Crippen LogP contribution in [0.15, 0.2) is 18.6 Å².